The summed E-state index contributed by atoms with van der Waals surface area (Å²) in [5.41, 5.74) is 0. The monoisotopic (exact) mass is 677 g/mol. The first-order valence-corrected chi connectivity index (χ1v) is 14.3. The number of hydrogen-bond acceptors (Lipinski definition) is 18. The highest BCUT2D eigenvalue weighted by molar-refractivity contribution is 5.74. The quantitative estimate of drug-likeness (QED) is 0.187. The van der Waals surface area contributed by atoms with Gasteiger partial charge in [0.1, 0.15) is 37.6 Å². The number of carbonyl (C=O) groups excluding carboxylic acids is 8. The third kappa shape index (κ3) is 12.1. The molecule has 2 aliphatic heterocycles. The molecule has 0 saturated carbocycles. The summed E-state index contributed by atoms with van der Waals surface area (Å²) in [6, 6.07) is -1.43. The van der Waals surface area contributed by atoms with Gasteiger partial charge in [0.15, 0.2) is 30.7 Å². The third-order valence-electron chi connectivity index (χ3n) is 6.29. The SMILES string of the molecule is CC(=O)N[C@@H]1[C@@H](OC(C)=O)O[C@@H](COC(C)=O)[C@H](O[C@H]2O[C@@H](COC(C)=O)[C@H](OC(C)=O)[C@@H](OC(C)=O)[C@@H]2OC(C)=O)[C@H]1OC(C)=O. The summed E-state index contributed by atoms with van der Waals surface area (Å²) in [5.74, 6) is -6.64. The minimum atomic E-state index is -1.80. The summed E-state index contributed by atoms with van der Waals surface area (Å²) < 4.78 is 55.2. The fourth-order valence-corrected chi connectivity index (χ4v) is 4.84. The zero-order valence-electron chi connectivity index (χ0n) is 27.0. The average Bonchev–Trinajstić information content (AvgIpc) is 2.91. The van der Waals surface area contributed by atoms with E-state index in [0.29, 0.717) is 0 Å². The van der Waals surface area contributed by atoms with Crippen LogP contribution >= 0.6 is 0 Å². The Balaban J connectivity index is 2.73. The van der Waals surface area contributed by atoms with Crippen molar-refractivity contribution in [1.29, 1.82) is 0 Å². The van der Waals surface area contributed by atoms with Gasteiger partial charge in [-0.15, -0.1) is 0 Å². The second-order valence-electron chi connectivity index (χ2n) is 10.4. The fourth-order valence-electron chi connectivity index (χ4n) is 4.84. The van der Waals surface area contributed by atoms with E-state index < -0.39 is 122 Å². The topological polar surface area (TPSA) is 241 Å². The number of rotatable bonds is 12. The molecule has 2 aliphatic rings. The summed E-state index contributed by atoms with van der Waals surface area (Å²) in [6.07, 6.45) is -14.2. The Morgan fingerprint density at radius 2 is 0.872 bits per heavy atom. The number of carbonyl (C=O) groups is 8. The molecule has 0 aromatic carbocycles. The maximum atomic E-state index is 12.3. The summed E-state index contributed by atoms with van der Waals surface area (Å²) in [4.78, 5) is 96.5. The van der Waals surface area contributed by atoms with E-state index >= 15 is 0 Å². The van der Waals surface area contributed by atoms with Crippen LogP contribution in [0.2, 0.25) is 0 Å². The van der Waals surface area contributed by atoms with E-state index in [0.717, 1.165) is 55.4 Å². The first kappa shape index (κ1) is 38.8. The van der Waals surface area contributed by atoms with Crippen molar-refractivity contribution in [2.24, 2.45) is 0 Å². The van der Waals surface area contributed by atoms with Gasteiger partial charge in [0.2, 0.25) is 12.2 Å². The number of esters is 7. The van der Waals surface area contributed by atoms with Crippen LogP contribution in [-0.4, -0.2) is 122 Å². The van der Waals surface area contributed by atoms with Gasteiger partial charge in [-0.1, -0.05) is 0 Å². The molecule has 2 rings (SSSR count). The highest BCUT2D eigenvalue weighted by Gasteiger charge is 2.57. The second-order valence-corrected chi connectivity index (χ2v) is 10.4. The van der Waals surface area contributed by atoms with Crippen molar-refractivity contribution in [1.82, 2.24) is 5.32 Å². The molecular formula is C28H39NO18. The van der Waals surface area contributed by atoms with Crippen LogP contribution in [0, 0.1) is 0 Å². The van der Waals surface area contributed by atoms with Crippen LogP contribution in [0.3, 0.4) is 0 Å². The molecule has 0 aromatic heterocycles. The molecule has 19 heteroatoms. The maximum Gasteiger partial charge on any atom is 0.305 e. The van der Waals surface area contributed by atoms with Crippen LogP contribution in [0.1, 0.15) is 55.4 Å². The van der Waals surface area contributed by atoms with Gasteiger partial charge < -0.3 is 52.7 Å². The number of ether oxygens (including phenoxy) is 10. The number of nitrogens with one attached hydrogen (secondary N) is 1. The summed E-state index contributed by atoms with van der Waals surface area (Å²) in [5, 5.41) is 2.48. The Morgan fingerprint density at radius 1 is 0.468 bits per heavy atom. The molecule has 264 valence electrons. The predicted octanol–water partition coefficient (Wildman–Crippen LogP) is -1.26. The minimum Gasteiger partial charge on any atom is -0.463 e. The number of hydrogen-bond donors (Lipinski definition) is 1. The molecule has 10 atom stereocenters. The van der Waals surface area contributed by atoms with Crippen LogP contribution in [0.5, 0.6) is 0 Å². The van der Waals surface area contributed by atoms with Gasteiger partial charge in [-0.05, 0) is 0 Å². The normalized spacial score (nSPS) is 30.0. The molecule has 2 fully saturated rings. The molecule has 19 nitrogen and oxygen atoms in total. The maximum absolute atomic E-state index is 12.3. The third-order valence-corrected chi connectivity index (χ3v) is 6.29. The first-order chi connectivity index (χ1) is 21.9. The van der Waals surface area contributed by atoms with Gasteiger partial charge in [0, 0.05) is 55.4 Å². The zero-order valence-corrected chi connectivity index (χ0v) is 27.0. The molecule has 2 heterocycles. The summed E-state index contributed by atoms with van der Waals surface area (Å²) in [6.45, 7) is 7.30. The van der Waals surface area contributed by atoms with Crippen LogP contribution in [0.25, 0.3) is 0 Å². The lowest BCUT2D eigenvalue weighted by Crippen LogP contribution is -2.69. The van der Waals surface area contributed by atoms with Gasteiger partial charge >= 0.3 is 41.8 Å². The van der Waals surface area contributed by atoms with Crippen molar-refractivity contribution < 1.29 is 85.7 Å². The smallest absolute Gasteiger partial charge is 0.305 e. The van der Waals surface area contributed by atoms with E-state index in [1.807, 2.05) is 0 Å². The van der Waals surface area contributed by atoms with E-state index in [1.54, 1.807) is 0 Å². The lowest BCUT2D eigenvalue weighted by Gasteiger charge is -2.48. The van der Waals surface area contributed by atoms with Crippen LogP contribution < -0.4 is 5.32 Å². The van der Waals surface area contributed by atoms with E-state index in [4.69, 9.17) is 47.4 Å². The van der Waals surface area contributed by atoms with Crippen LogP contribution in [0.15, 0.2) is 0 Å². The molecule has 0 aromatic rings. The zero-order chi connectivity index (χ0) is 35.6. The average molecular weight is 678 g/mol. The van der Waals surface area contributed by atoms with Crippen LogP contribution in [0.4, 0.5) is 0 Å². The molecule has 1 N–H and O–H groups in total. The van der Waals surface area contributed by atoms with Crippen molar-refractivity contribution >= 4 is 47.7 Å². The highest BCUT2D eigenvalue weighted by Crippen LogP contribution is 2.34. The highest BCUT2D eigenvalue weighted by atomic mass is 16.8. The van der Waals surface area contributed by atoms with Crippen molar-refractivity contribution in [2.75, 3.05) is 13.2 Å². The summed E-state index contributed by atoms with van der Waals surface area (Å²) in [7, 11) is 0. The fraction of sp³-hybridized carbons (Fsp3) is 0.714. The lowest BCUT2D eigenvalue weighted by atomic mass is 9.94. The van der Waals surface area contributed by atoms with Crippen molar-refractivity contribution in [3.8, 4) is 0 Å². The van der Waals surface area contributed by atoms with Crippen molar-refractivity contribution in [2.45, 2.75) is 117 Å². The predicted molar refractivity (Wildman–Crippen MR) is 147 cm³/mol. The largest absolute Gasteiger partial charge is 0.463 e. The van der Waals surface area contributed by atoms with E-state index in [2.05, 4.69) is 5.32 Å². The first-order valence-electron chi connectivity index (χ1n) is 14.3. The van der Waals surface area contributed by atoms with Crippen molar-refractivity contribution in [3.63, 3.8) is 0 Å². The molecule has 0 unspecified atom stereocenters. The van der Waals surface area contributed by atoms with E-state index in [9.17, 15) is 38.4 Å². The molecule has 0 aliphatic carbocycles. The molecule has 2 saturated heterocycles. The molecular weight excluding hydrogens is 638 g/mol. The lowest BCUT2D eigenvalue weighted by molar-refractivity contribution is -0.348. The summed E-state index contributed by atoms with van der Waals surface area (Å²) >= 11 is 0. The molecule has 47 heavy (non-hydrogen) atoms. The van der Waals surface area contributed by atoms with E-state index in [-0.39, 0.29) is 0 Å². The molecule has 0 spiro atoms. The number of amides is 1. The molecule has 1 amide bonds. The van der Waals surface area contributed by atoms with Gasteiger partial charge in [-0.3, -0.25) is 38.4 Å². The second kappa shape index (κ2) is 17.5. The Labute approximate surface area is 269 Å². The van der Waals surface area contributed by atoms with Crippen molar-refractivity contribution in [3.05, 3.63) is 0 Å². The Hall–Kier alpha value is -4.36. The van der Waals surface area contributed by atoms with Gasteiger partial charge in [0.05, 0.1) is 0 Å². The van der Waals surface area contributed by atoms with E-state index in [1.165, 1.54) is 0 Å². The molecule has 0 radical (unpaired) electrons. The van der Waals surface area contributed by atoms with Crippen LogP contribution in [-0.2, 0) is 85.7 Å². The Kier molecular flexibility index (Phi) is 14.5. The van der Waals surface area contributed by atoms with Gasteiger partial charge in [-0.25, -0.2) is 0 Å². The Bertz CT molecular complexity index is 1200. The Morgan fingerprint density at radius 3 is 1.32 bits per heavy atom. The standard InChI is InChI=1S/C28H39NO18/c1-11(30)29-21-24(41-15(5)34)22(19(9-38-12(2)31)45-27(21)44-18(8)37)47-28-26(43-17(7)36)25(42-16(6)35)23(40-14(4)33)20(46-28)10-39-13(3)32/h19-28H,9-10H2,1-8H3,(H,29,30)/t19-,20-,21-,22-,23-,24-,25+,26-,27-,28+/m0/s1. The minimum absolute atomic E-state index is 0.577. The molecule has 0 bridgehead atoms. The van der Waals surface area contributed by atoms with Gasteiger partial charge in [0.25, 0.3) is 0 Å². The van der Waals surface area contributed by atoms with Gasteiger partial charge in [-0.2, -0.15) is 0 Å².